The van der Waals surface area contributed by atoms with Gasteiger partial charge in [-0.3, -0.25) is 4.79 Å². The minimum Gasteiger partial charge on any atom is -0.481 e. The first-order valence-corrected chi connectivity index (χ1v) is 8.22. The normalized spacial score (nSPS) is 17.8. The molecule has 112 valence electrons. The van der Waals surface area contributed by atoms with Crippen LogP contribution in [0.25, 0.3) is 0 Å². The number of carboxylic acid groups (broad SMARTS) is 1. The third-order valence-electron chi connectivity index (χ3n) is 3.92. The number of hydrogen-bond acceptors (Lipinski definition) is 4. The fourth-order valence-electron chi connectivity index (χ4n) is 3.37. The van der Waals surface area contributed by atoms with Gasteiger partial charge in [0, 0.05) is 6.54 Å². The maximum atomic E-state index is 10.7. The maximum Gasteiger partial charge on any atom is 0.313 e. The van der Waals surface area contributed by atoms with E-state index < -0.39 is 5.97 Å². The Morgan fingerprint density at radius 2 is 2.20 bits per heavy atom. The molecule has 1 aromatic heterocycles. The molecule has 1 heterocycles. The average Bonchev–Trinajstić information content (AvgIpc) is 2.96. The fraction of sp³-hybridized carbons (Fsp3) is 0.786. The molecule has 0 saturated heterocycles. The number of aromatic nitrogens is 3. The molecule has 6 heteroatoms. The number of carbonyl (C=O) groups is 1. The number of rotatable bonds is 7. The summed E-state index contributed by atoms with van der Waals surface area (Å²) in [7, 11) is 0. The number of aliphatic carboxylic acids is 1. The van der Waals surface area contributed by atoms with Crippen molar-refractivity contribution in [2.45, 2.75) is 57.7 Å². The van der Waals surface area contributed by atoms with Crippen LogP contribution in [0.2, 0.25) is 0 Å². The van der Waals surface area contributed by atoms with Gasteiger partial charge in [0.25, 0.3) is 0 Å². The number of carboxylic acids is 1. The van der Waals surface area contributed by atoms with Crippen LogP contribution in [0.3, 0.4) is 0 Å². The third kappa shape index (κ3) is 3.98. The second-order valence-corrected chi connectivity index (χ2v) is 7.17. The molecule has 2 rings (SSSR count). The van der Waals surface area contributed by atoms with Gasteiger partial charge in [0.1, 0.15) is 6.33 Å². The molecule has 5 nitrogen and oxygen atoms in total. The summed E-state index contributed by atoms with van der Waals surface area (Å²) in [5.74, 6) is -0.0995. The molecule has 20 heavy (non-hydrogen) atoms. The van der Waals surface area contributed by atoms with Crippen molar-refractivity contribution >= 4 is 17.7 Å². The fourth-order valence-corrected chi connectivity index (χ4v) is 4.01. The van der Waals surface area contributed by atoms with Crippen LogP contribution >= 0.6 is 11.8 Å². The molecule has 0 radical (unpaired) electrons. The highest BCUT2D eigenvalue weighted by Crippen LogP contribution is 2.44. The van der Waals surface area contributed by atoms with E-state index in [1.165, 1.54) is 43.9 Å². The molecule has 0 atom stereocenters. The van der Waals surface area contributed by atoms with Crippen molar-refractivity contribution in [3.63, 3.8) is 0 Å². The van der Waals surface area contributed by atoms with Gasteiger partial charge < -0.3 is 9.67 Å². The number of hydrogen-bond donors (Lipinski definition) is 1. The van der Waals surface area contributed by atoms with Gasteiger partial charge in [-0.25, -0.2) is 0 Å². The Kier molecular flexibility index (Phi) is 5.07. The van der Waals surface area contributed by atoms with E-state index in [9.17, 15) is 4.79 Å². The summed E-state index contributed by atoms with van der Waals surface area (Å²) in [6, 6.07) is 0. The summed E-state index contributed by atoms with van der Waals surface area (Å²) in [5.41, 5.74) is 0.342. The van der Waals surface area contributed by atoms with Gasteiger partial charge in [-0.15, -0.1) is 10.2 Å². The standard InChI is InChI=1S/C14H23N3O2S/c1-11(2)7-14(5-3-4-6-14)9-17-10-15-16-13(17)20-8-12(18)19/h10-11H,3-9H2,1-2H3,(H,18,19). The molecule has 1 aliphatic carbocycles. The van der Waals surface area contributed by atoms with Gasteiger partial charge in [-0.2, -0.15) is 0 Å². The topological polar surface area (TPSA) is 68.0 Å². The van der Waals surface area contributed by atoms with E-state index in [0.29, 0.717) is 11.3 Å². The van der Waals surface area contributed by atoms with Crippen LogP contribution < -0.4 is 0 Å². The van der Waals surface area contributed by atoms with Gasteiger partial charge in [-0.1, -0.05) is 38.5 Å². The molecule has 1 aromatic rings. The van der Waals surface area contributed by atoms with Gasteiger partial charge in [0.15, 0.2) is 5.16 Å². The van der Waals surface area contributed by atoms with Crippen LogP contribution in [0.15, 0.2) is 11.5 Å². The molecule has 0 unspecified atom stereocenters. The Labute approximate surface area is 124 Å². The van der Waals surface area contributed by atoms with E-state index in [4.69, 9.17) is 5.11 Å². The zero-order valence-electron chi connectivity index (χ0n) is 12.2. The Morgan fingerprint density at radius 1 is 1.50 bits per heavy atom. The first-order chi connectivity index (χ1) is 9.51. The Balaban J connectivity index is 2.07. The van der Waals surface area contributed by atoms with Crippen molar-refractivity contribution in [2.24, 2.45) is 11.3 Å². The van der Waals surface area contributed by atoms with E-state index >= 15 is 0 Å². The molecule has 0 aromatic carbocycles. The largest absolute Gasteiger partial charge is 0.481 e. The van der Waals surface area contributed by atoms with E-state index in [-0.39, 0.29) is 5.75 Å². The highest BCUT2D eigenvalue weighted by atomic mass is 32.2. The van der Waals surface area contributed by atoms with E-state index in [1.54, 1.807) is 6.33 Å². The van der Waals surface area contributed by atoms with Crippen molar-refractivity contribution in [1.29, 1.82) is 0 Å². The summed E-state index contributed by atoms with van der Waals surface area (Å²) in [5, 5.41) is 17.5. The monoisotopic (exact) mass is 297 g/mol. The zero-order chi connectivity index (χ0) is 14.6. The molecule has 0 spiro atoms. The number of nitrogens with zero attached hydrogens (tertiary/aromatic N) is 3. The first kappa shape index (κ1) is 15.4. The van der Waals surface area contributed by atoms with Crippen LogP contribution in [0.4, 0.5) is 0 Å². The van der Waals surface area contributed by atoms with Crippen LogP contribution in [0, 0.1) is 11.3 Å². The van der Waals surface area contributed by atoms with E-state index in [0.717, 1.165) is 11.7 Å². The zero-order valence-corrected chi connectivity index (χ0v) is 13.0. The molecular formula is C14H23N3O2S. The lowest BCUT2D eigenvalue weighted by Gasteiger charge is -2.31. The van der Waals surface area contributed by atoms with Gasteiger partial charge in [0.05, 0.1) is 5.75 Å². The molecule has 1 N–H and O–H groups in total. The van der Waals surface area contributed by atoms with Crippen LogP contribution in [-0.2, 0) is 11.3 Å². The van der Waals surface area contributed by atoms with E-state index in [1.807, 2.05) is 4.57 Å². The predicted molar refractivity (Wildman–Crippen MR) is 78.7 cm³/mol. The third-order valence-corrected chi connectivity index (χ3v) is 4.88. The number of thioether (sulfide) groups is 1. The highest BCUT2D eigenvalue weighted by molar-refractivity contribution is 7.99. The Morgan fingerprint density at radius 3 is 2.80 bits per heavy atom. The maximum absolute atomic E-state index is 10.7. The Hall–Kier alpha value is -1.04. The lowest BCUT2D eigenvalue weighted by atomic mass is 9.78. The van der Waals surface area contributed by atoms with Crippen molar-refractivity contribution in [3.05, 3.63) is 6.33 Å². The summed E-state index contributed by atoms with van der Waals surface area (Å²) in [4.78, 5) is 10.7. The van der Waals surface area contributed by atoms with Crippen LogP contribution in [0.5, 0.6) is 0 Å². The van der Waals surface area contributed by atoms with Crippen molar-refractivity contribution in [1.82, 2.24) is 14.8 Å². The quantitative estimate of drug-likeness (QED) is 0.783. The van der Waals surface area contributed by atoms with Crippen LogP contribution in [0.1, 0.15) is 46.0 Å². The molecular weight excluding hydrogens is 274 g/mol. The second kappa shape index (κ2) is 6.61. The van der Waals surface area contributed by atoms with Crippen LogP contribution in [-0.4, -0.2) is 31.6 Å². The minimum atomic E-state index is -0.817. The SMILES string of the molecule is CC(C)CC1(Cn2cnnc2SCC(=O)O)CCCC1. The summed E-state index contributed by atoms with van der Waals surface area (Å²) >= 11 is 1.25. The van der Waals surface area contributed by atoms with Crippen molar-refractivity contribution < 1.29 is 9.90 Å². The molecule has 0 amide bonds. The van der Waals surface area contributed by atoms with Crippen molar-refractivity contribution in [3.8, 4) is 0 Å². The Bertz CT molecular complexity index is 453. The minimum absolute atomic E-state index is 0.0376. The predicted octanol–water partition coefficient (Wildman–Crippen LogP) is 3.06. The highest BCUT2D eigenvalue weighted by Gasteiger charge is 2.35. The lowest BCUT2D eigenvalue weighted by Crippen LogP contribution is -2.25. The average molecular weight is 297 g/mol. The summed E-state index contributed by atoms with van der Waals surface area (Å²) < 4.78 is 2.04. The summed E-state index contributed by atoms with van der Waals surface area (Å²) in [6.45, 7) is 5.46. The first-order valence-electron chi connectivity index (χ1n) is 7.23. The lowest BCUT2D eigenvalue weighted by molar-refractivity contribution is -0.133. The van der Waals surface area contributed by atoms with E-state index in [2.05, 4.69) is 24.0 Å². The molecule has 0 bridgehead atoms. The second-order valence-electron chi connectivity index (χ2n) is 6.23. The molecule has 1 saturated carbocycles. The van der Waals surface area contributed by atoms with Gasteiger partial charge in [-0.05, 0) is 30.6 Å². The molecule has 1 aliphatic rings. The smallest absolute Gasteiger partial charge is 0.313 e. The van der Waals surface area contributed by atoms with Gasteiger partial charge >= 0.3 is 5.97 Å². The molecule has 0 aliphatic heterocycles. The van der Waals surface area contributed by atoms with Crippen molar-refractivity contribution in [2.75, 3.05) is 5.75 Å². The van der Waals surface area contributed by atoms with Gasteiger partial charge in [0.2, 0.25) is 0 Å². The molecule has 1 fully saturated rings. The summed E-state index contributed by atoms with van der Waals surface area (Å²) in [6.07, 6.45) is 8.07.